The van der Waals surface area contributed by atoms with E-state index in [1.165, 1.54) is 6.26 Å². The van der Waals surface area contributed by atoms with Crippen LogP contribution in [0.25, 0.3) is 22.2 Å². The summed E-state index contributed by atoms with van der Waals surface area (Å²) in [5, 5.41) is 1.48. The van der Waals surface area contributed by atoms with Gasteiger partial charge in [0, 0.05) is 24.4 Å². The lowest BCUT2D eigenvalue weighted by Gasteiger charge is -2.05. The van der Waals surface area contributed by atoms with E-state index in [0.717, 1.165) is 22.2 Å². The average molecular weight is 355 g/mol. The molecule has 0 unspecified atom stereocenters. The highest BCUT2D eigenvalue weighted by Gasteiger charge is 2.13. The normalized spacial score (nSPS) is 12.0. The van der Waals surface area contributed by atoms with Gasteiger partial charge in [0.05, 0.1) is 10.4 Å². The number of rotatable bonds is 2. The highest BCUT2D eigenvalue weighted by Crippen LogP contribution is 2.32. The lowest BCUT2D eigenvalue weighted by molar-refractivity contribution is 0.602. The second kappa shape index (κ2) is 5.26. The van der Waals surface area contributed by atoms with Crippen LogP contribution >= 0.6 is 23.2 Å². The number of fused-ring (bicyclic) bond motifs is 1. The minimum Gasteiger partial charge on any atom is -0.343 e. The van der Waals surface area contributed by atoms with Crippen molar-refractivity contribution in [3.63, 3.8) is 0 Å². The Morgan fingerprint density at radius 2 is 1.73 bits per heavy atom. The number of hydrogen-bond donors (Lipinski definition) is 0. The zero-order valence-corrected chi connectivity index (χ0v) is 14.2. The Balaban J connectivity index is 2.18. The summed E-state index contributed by atoms with van der Waals surface area (Å²) in [5.74, 6) is 0. The zero-order valence-electron chi connectivity index (χ0n) is 11.8. The van der Waals surface area contributed by atoms with E-state index in [9.17, 15) is 8.42 Å². The summed E-state index contributed by atoms with van der Waals surface area (Å²) in [6.07, 6.45) is 1.19. The molecule has 0 spiro atoms. The molecule has 0 bridgehead atoms. The van der Waals surface area contributed by atoms with Crippen LogP contribution in [-0.2, 0) is 16.9 Å². The maximum Gasteiger partial charge on any atom is 0.175 e. The molecule has 0 saturated heterocycles. The summed E-state index contributed by atoms with van der Waals surface area (Å²) in [6, 6.07) is 10.4. The molecule has 0 aliphatic carbocycles. The second-order valence-electron chi connectivity index (χ2n) is 5.05. The van der Waals surface area contributed by atoms with Crippen molar-refractivity contribution in [3.05, 3.63) is 46.7 Å². The molecule has 2 heterocycles. The Kier molecular flexibility index (Phi) is 3.67. The van der Waals surface area contributed by atoms with Crippen LogP contribution in [0, 0.1) is 0 Å². The fourth-order valence-corrected chi connectivity index (χ4v) is 3.51. The first kappa shape index (κ1) is 15.3. The van der Waals surface area contributed by atoms with Gasteiger partial charge in [-0.05, 0) is 29.8 Å². The van der Waals surface area contributed by atoms with Crippen LogP contribution in [0.2, 0.25) is 10.3 Å². The van der Waals surface area contributed by atoms with Gasteiger partial charge in [-0.15, -0.1) is 0 Å². The van der Waals surface area contributed by atoms with Crippen molar-refractivity contribution >= 4 is 43.9 Å². The van der Waals surface area contributed by atoms with Crippen molar-refractivity contribution in [1.29, 1.82) is 0 Å². The molecule has 0 fully saturated rings. The molecule has 0 N–H and O–H groups in total. The van der Waals surface area contributed by atoms with E-state index < -0.39 is 9.84 Å². The monoisotopic (exact) mass is 354 g/mol. The highest BCUT2D eigenvalue weighted by atomic mass is 35.5. The van der Waals surface area contributed by atoms with Gasteiger partial charge in [0.25, 0.3) is 0 Å². The SMILES string of the molecule is Cn1c(-c2ccc(S(C)(=O)=O)cc2)cc2c(Cl)nc(Cl)cc21. The standard InChI is InChI=1S/C15H12Cl2N2O2S/c1-19-12(7-11-13(19)8-14(16)18-15(11)17)9-3-5-10(6-4-9)22(2,20)21/h3-8H,1-2H3. The Morgan fingerprint density at radius 3 is 2.32 bits per heavy atom. The number of pyridine rings is 1. The van der Waals surface area contributed by atoms with E-state index >= 15 is 0 Å². The number of hydrogen-bond acceptors (Lipinski definition) is 3. The first-order chi connectivity index (χ1) is 10.3. The van der Waals surface area contributed by atoms with E-state index in [0.29, 0.717) is 10.3 Å². The molecule has 2 aromatic heterocycles. The molecule has 1 aromatic carbocycles. The lowest BCUT2D eigenvalue weighted by Crippen LogP contribution is -1.97. The molecular formula is C15H12Cl2N2O2S. The molecule has 0 atom stereocenters. The molecule has 0 aliphatic heterocycles. The third-order valence-electron chi connectivity index (χ3n) is 3.54. The van der Waals surface area contributed by atoms with Crippen molar-refractivity contribution < 1.29 is 8.42 Å². The third kappa shape index (κ3) is 2.60. The predicted molar refractivity (Wildman–Crippen MR) is 89.3 cm³/mol. The highest BCUT2D eigenvalue weighted by molar-refractivity contribution is 7.90. The average Bonchev–Trinajstić information content (AvgIpc) is 2.76. The minimum absolute atomic E-state index is 0.290. The Bertz CT molecular complexity index is 977. The predicted octanol–water partition coefficient (Wildman–Crippen LogP) is 3.95. The second-order valence-corrected chi connectivity index (χ2v) is 7.81. The summed E-state index contributed by atoms with van der Waals surface area (Å²) in [7, 11) is -1.31. The van der Waals surface area contributed by atoms with E-state index in [4.69, 9.17) is 23.2 Å². The molecule has 0 amide bonds. The van der Waals surface area contributed by atoms with Crippen molar-refractivity contribution in [2.75, 3.05) is 6.26 Å². The number of sulfone groups is 1. The summed E-state index contributed by atoms with van der Waals surface area (Å²) in [5.41, 5.74) is 2.66. The molecular weight excluding hydrogens is 343 g/mol. The molecule has 0 aliphatic rings. The fourth-order valence-electron chi connectivity index (χ4n) is 2.41. The molecule has 114 valence electrons. The molecule has 0 radical (unpaired) electrons. The van der Waals surface area contributed by atoms with Gasteiger partial charge < -0.3 is 4.57 Å². The van der Waals surface area contributed by atoms with Crippen LogP contribution in [0.15, 0.2) is 41.3 Å². The van der Waals surface area contributed by atoms with Crippen molar-refractivity contribution in [2.24, 2.45) is 7.05 Å². The number of halogens is 2. The van der Waals surface area contributed by atoms with Crippen molar-refractivity contribution in [3.8, 4) is 11.3 Å². The van der Waals surface area contributed by atoms with E-state index in [1.54, 1.807) is 30.3 Å². The number of aryl methyl sites for hydroxylation is 1. The third-order valence-corrected chi connectivity index (χ3v) is 5.15. The van der Waals surface area contributed by atoms with Crippen molar-refractivity contribution in [1.82, 2.24) is 9.55 Å². The minimum atomic E-state index is -3.20. The van der Waals surface area contributed by atoms with E-state index in [-0.39, 0.29) is 4.90 Å². The summed E-state index contributed by atoms with van der Waals surface area (Å²) < 4.78 is 25.0. The van der Waals surface area contributed by atoms with Gasteiger partial charge >= 0.3 is 0 Å². The first-order valence-corrected chi connectivity index (χ1v) is 9.04. The molecule has 22 heavy (non-hydrogen) atoms. The van der Waals surface area contributed by atoms with E-state index in [2.05, 4.69) is 4.98 Å². The first-order valence-electron chi connectivity index (χ1n) is 6.39. The summed E-state index contributed by atoms with van der Waals surface area (Å²) >= 11 is 12.1. The number of aromatic nitrogens is 2. The Hall–Kier alpha value is -1.56. The van der Waals surface area contributed by atoms with Crippen LogP contribution in [0.5, 0.6) is 0 Å². The molecule has 0 saturated carbocycles. The van der Waals surface area contributed by atoms with Crippen LogP contribution in [-0.4, -0.2) is 24.2 Å². The quantitative estimate of drug-likeness (QED) is 0.654. The Labute approximate surface area is 138 Å². The van der Waals surface area contributed by atoms with Gasteiger partial charge in [-0.2, -0.15) is 0 Å². The maximum absolute atomic E-state index is 11.5. The molecule has 3 aromatic rings. The Morgan fingerprint density at radius 1 is 1.09 bits per heavy atom. The number of nitrogens with zero attached hydrogens (tertiary/aromatic N) is 2. The van der Waals surface area contributed by atoms with Crippen LogP contribution in [0.4, 0.5) is 0 Å². The van der Waals surface area contributed by atoms with Gasteiger partial charge in [0.2, 0.25) is 0 Å². The van der Waals surface area contributed by atoms with E-state index in [1.807, 2.05) is 17.7 Å². The van der Waals surface area contributed by atoms with Gasteiger partial charge in [-0.3, -0.25) is 0 Å². The molecule has 4 nitrogen and oxygen atoms in total. The lowest BCUT2D eigenvalue weighted by atomic mass is 10.1. The van der Waals surface area contributed by atoms with Gasteiger partial charge in [0.15, 0.2) is 9.84 Å². The van der Waals surface area contributed by atoms with Crippen LogP contribution in [0.3, 0.4) is 0 Å². The van der Waals surface area contributed by atoms with Gasteiger partial charge in [0.1, 0.15) is 10.3 Å². The number of benzene rings is 1. The molecule has 3 rings (SSSR count). The van der Waals surface area contributed by atoms with Crippen molar-refractivity contribution in [2.45, 2.75) is 4.90 Å². The largest absolute Gasteiger partial charge is 0.343 e. The summed E-state index contributed by atoms with van der Waals surface area (Å²) in [6.45, 7) is 0. The van der Waals surface area contributed by atoms with Crippen LogP contribution < -0.4 is 0 Å². The van der Waals surface area contributed by atoms with Gasteiger partial charge in [-0.1, -0.05) is 35.3 Å². The summed E-state index contributed by atoms with van der Waals surface area (Å²) in [4.78, 5) is 4.32. The maximum atomic E-state index is 11.5. The topological polar surface area (TPSA) is 52.0 Å². The molecule has 7 heteroatoms. The van der Waals surface area contributed by atoms with Crippen LogP contribution in [0.1, 0.15) is 0 Å². The fraction of sp³-hybridized carbons (Fsp3) is 0.133. The zero-order chi connectivity index (χ0) is 16.1. The smallest absolute Gasteiger partial charge is 0.175 e. The van der Waals surface area contributed by atoms with Gasteiger partial charge in [-0.25, -0.2) is 13.4 Å².